The summed E-state index contributed by atoms with van der Waals surface area (Å²) in [6.07, 6.45) is 2.02. The van der Waals surface area contributed by atoms with Crippen LogP contribution >= 0.6 is 0 Å². The van der Waals surface area contributed by atoms with Crippen LogP contribution < -0.4 is 9.46 Å². The largest absolute Gasteiger partial charge is 0.497 e. The number of nitrogens with one attached hydrogen (secondary N) is 1. The van der Waals surface area contributed by atoms with Gasteiger partial charge in [0.05, 0.1) is 19.4 Å². The number of rotatable bonds is 9. The second kappa shape index (κ2) is 9.87. The van der Waals surface area contributed by atoms with Crippen molar-refractivity contribution in [2.45, 2.75) is 37.8 Å². The molecular formula is C23H29FN2O5S. The number of benzene rings is 2. The number of cyclic esters (lactones) is 1. The molecule has 1 aliphatic rings. The molecule has 2 unspecified atom stereocenters. The van der Waals surface area contributed by atoms with E-state index in [1.54, 1.807) is 24.1 Å². The first-order valence-corrected chi connectivity index (χ1v) is 12.4. The van der Waals surface area contributed by atoms with Crippen LogP contribution in [0.5, 0.6) is 5.75 Å². The van der Waals surface area contributed by atoms with E-state index in [1.807, 2.05) is 31.2 Å². The number of hydrogen-bond donors (Lipinski definition) is 1. The summed E-state index contributed by atoms with van der Waals surface area (Å²) in [6.45, 7) is 2.61. The smallest absolute Gasteiger partial charge is 0.411 e. The highest BCUT2D eigenvalue weighted by Crippen LogP contribution is 2.40. The number of halogens is 1. The molecule has 2 aromatic carbocycles. The zero-order chi connectivity index (χ0) is 23.4. The first-order chi connectivity index (χ1) is 15.1. The topological polar surface area (TPSA) is 84.9 Å². The van der Waals surface area contributed by atoms with Crippen LogP contribution in [0.3, 0.4) is 0 Å². The Kier molecular flexibility index (Phi) is 7.40. The van der Waals surface area contributed by atoms with Crippen molar-refractivity contribution in [1.82, 2.24) is 9.62 Å². The molecular weight excluding hydrogens is 435 g/mol. The van der Waals surface area contributed by atoms with E-state index in [2.05, 4.69) is 4.72 Å². The molecule has 3 rings (SSSR count). The van der Waals surface area contributed by atoms with Crippen LogP contribution in [-0.2, 0) is 20.4 Å². The Balaban J connectivity index is 1.77. The summed E-state index contributed by atoms with van der Waals surface area (Å²) in [6, 6.07) is 13.2. The highest BCUT2D eigenvalue weighted by molar-refractivity contribution is 7.88. The normalized spacial score (nSPS) is 20.0. The molecule has 1 saturated heterocycles. The van der Waals surface area contributed by atoms with Gasteiger partial charge < -0.3 is 14.4 Å². The molecule has 0 bridgehead atoms. The lowest BCUT2D eigenvalue weighted by Gasteiger charge is -2.43. The maximum Gasteiger partial charge on any atom is 0.411 e. The number of amides is 1. The Morgan fingerprint density at radius 2 is 1.84 bits per heavy atom. The molecule has 1 amide bonds. The molecule has 0 aromatic heterocycles. The number of carbonyl (C=O) groups excluding carboxylic acids is 1. The lowest BCUT2D eigenvalue weighted by Crippen LogP contribution is -2.49. The fourth-order valence-corrected chi connectivity index (χ4v) is 4.51. The Labute approximate surface area is 188 Å². The predicted octanol–water partition coefficient (Wildman–Crippen LogP) is 3.96. The van der Waals surface area contributed by atoms with Gasteiger partial charge in [0.1, 0.15) is 17.2 Å². The van der Waals surface area contributed by atoms with E-state index in [0.717, 1.165) is 17.6 Å². The lowest BCUT2D eigenvalue weighted by atomic mass is 9.84. The summed E-state index contributed by atoms with van der Waals surface area (Å²) >= 11 is 0. The quantitative estimate of drug-likeness (QED) is 0.568. The van der Waals surface area contributed by atoms with Crippen LogP contribution in [0.25, 0.3) is 0 Å². The molecule has 0 saturated carbocycles. The first-order valence-electron chi connectivity index (χ1n) is 10.5. The predicted molar refractivity (Wildman–Crippen MR) is 119 cm³/mol. The first kappa shape index (κ1) is 24.0. The number of methoxy groups -OCH3 is 1. The number of sulfonamides is 1. The minimum Gasteiger partial charge on any atom is -0.497 e. The van der Waals surface area contributed by atoms with Crippen molar-refractivity contribution in [2.24, 2.45) is 0 Å². The number of ether oxygens (including phenoxy) is 2. The van der Waals surface area contributed by atoms with E-state index < -0.39 is 21.7 Å². The summed E-state index contributed by atoms with van der Waals surface area (Å²) in [5, 5.41) is 0. The van der Waals surface area contributed by atoms with Crippen molar-refractivity contribution in [1.29, 1.82) is 0 Å². The Hall–Kier alpha value is -2.65. The van der Waals surface area contributed by atoms with E-state index in [-0.39, 0.29) is 18.4 Å². The van der Waals surface area contributed by atoms with Crippen molar-refractivity contribution in [2.75, 3.05) is 26.5 Å². The fraction of sp³-hybridized carbons (Fsp3) is 0.435. The van der Waals surface area contributed by atoms with Gasteiger partial charge >= 0.3 is 6.09 Å². The average molecular weight is 465 g/mol. The van der Waals surface area contributed by atoms with Gasteiger partial charge in [0.25, 0.3) is 0 Å². The van der Waals surface area contributed by atoms with Crippen LogP contribution in [0.1, 0.15) is 43.4 Å². The van der Waals surface area contributed by atoms with Crippen molar-refractivity contribution in [3.63, 3.8) is 0 Å². The van der Waals surface area contributed by atoms with Crippen molar-refractivity contribution < 1.29 is 27.1 Å². The minimum atomic E-state index is -3.31. The van der Waals surface area contributed by atoms with Crippen LogP contribution in [0.4, 0.5) is 9.18 Å². The van der Waals surface area contributed by atoms with Crippen molar-refractivity contribution >= 4 is 16.1 Å². The molecule has 0 aliphatic carbocycles. The standard InChI is InChI=1S/C23H29FN2O5S/c1-17(18-5-11-21(30-2)12-6-18)26-16-14-23(31-22(26)27,13-4-15-25-32(3,28)29)19-7-9-20(24)10-8-19/h5-12,17,25H,4,13-16H2,1-3H3. The molecule has 7 nitrogen and oxygen atoms in total. The van der Waals surface area contributed by atoms with E-state index >= 15 is 0 Å². The van der Waals surface area contributed by atoms with Crippen LogP contribution in [-0.4, -0.2) is 45.9 Å². The van der Waals surface area contributed by atoms with Crippen LogP contribution in [0, 0.1) is 5.82 Å². The highest BCUT2D eigenvalue weighted by atomic mass is 32.2. The molecule has 0 radical (unpaired) electrons. The molecule has 1 aliphatic heterocycles. The fourth-order valence-electron chi connectivity index (χ4n) is 3.99. The summed E-state index contributed by atoms with van der Waals surface area (Å²) in [5.74, 6) is 0.361. The molecule has 2 atom stereocenters. The van der Waals surface area contributed by atoms with Gasteiger partial charge in [-0.15, -0.1) is 0 Å². The van der Waals surface area contributed by atoms with Gasteiger partial charge in [-0.05, 0) is 55.2 Å². The summed E-state index contributed by atoms with van der Waals surface area (Å²) < 4.78 is 49.9. The maximum atomic E-state index is 13.5. The number of hydrogen-bond acceptors (Lipinski definition) is 5. The third-order valence-corrected chi connectivity index (χ3v) is 6.56. The monoisotopic (exact) mass is 464 g/mol. The highest BCUT2D eigenvalue weighted by Gasteiger charge is 2.43. The van der Waals surface area contributed by atoms with E-state index in [9.17, 15) is 17.6 Å². The van der Waals surface area contributed by atoms with E-state index in [1.165, 1.54) is 12.1 Å². The van der Waals surface area contributed by atoms with Crippen molar-refractivity contribution in [3.8, 4) is 5.75 Å². The Morgan fingerprint density at radius 3 is 2.41 bits per heavy atom. The third kappa shape index (κ3) is 5.77. The maximum absolute atomic E-state index is 13.5. The van der Waals surface area contributed by atoms with Gasteiger partial charge in [0.15, 0.2) is 0 Å². The molecule has 2 aromatic rings. The zero-order valence-corrected chi connectivity index (χ0v) is 19.3. The third-order valence-electron chi connectivity index (χ3n) is 5.83. The minimum absolute atomic E-state index is 0.202. The Morgan fingerprint density at radius 1 is 1.19 bits per heavy atom. The summed E-state index contributed by atoms with van der Waals surface area (Å²) in [7, 11) is -1.71. The van der Waals surface area contributed by atoms with Gasteiger partial charge in [-0.3, -0.25) is 0 Å². The van der Waals surface area contributed by atoms with E-state index in [4.69, 9.17) is 9.47 Å². The molecule has 1 N–H and O–H groups in total. The lowest BCUT2D eigenvalue weighted by molar-refractivity contribution is -0.0662. The number of nitrogens with zero attached hydrogens (tertiary/aromatic N) is 1. The Bertz CT molecular complexity index is 1030. The van der Waals surface area contributed by atoms with Gasteiger partial charge in [-0.2, -0.15) is 0 Å². The SMILES string of the molecule is COc1ccc(C(C)N2CCC(CCCNS(C)(=O)=O)(c3ccc(F)cc3)OC2=O)cc1. The van der Waals surface area contributed by atoms with Gasteiger partial charge in [-0.1, -0.05) is 24.3 Å². The zero-order valence-electron chi connectivity index (χ0n) is 18.5. The van der Waals surface area contributed by atoms with Crippen LogP contribution in [0.2, 0.25) is 0 Å². The van der Waals surface area contributed by atoms with Gasteiger partial charge in [0.2, 0.25) is 10.0 Å². The van der Waals surface area contributed by atoms with Crippen LogP contribution in [0.15, 0.2) is 48.5 Å². The molecule has 174 valence electrons. The van der Waals surface area contributed by atoms with Gasteiger partial charge in [0, 0.05) is 19.5 Å². The molecule has 1 fully saturated rings. The second-order valence-electron chi connectivity index (χ2n) is 8.03. The van der Waals surface area contributed by atoms with Crippen molar-refractivity contribution in [3.05, 3.63) is 65.5 Å². The average Bonchev–Trinajstić information content (AvgIpc) is 2.76. The summed E-state index contributed by atoms with van der Waals surface area (Å²) in [4.78, 5) is 14.7. The van der Waals surface area contributed by atoms with E-state index in [0.29, 0.717) is 31.4 Å². The molecule has 9 heteroatoms. The number of carbonyl (C=O) groups is 1. The molecule has 32 heavy (non-hydrogen) atoms. The summed E-state index contributed by atoms with van der Waals surface area (Å²) in [5.41, 5.74) is 0.706. The second-order valence-corrected chi connectivity index (χ2v) is 9.86. The molecule has 1 heterocycles. The molecule has 0 spiro atoms. The van der Waals surface area contributed by atoms with Gasteiger partial charge in [-0.25, -0.2) is 22.3 Å².